The molecule has 0 bridgehead atoms. The van der Waals surface area contributed by atoms with E-state index in [9.17, 15) is 0 Å². The van der Waals surface area contributed by atoms with Crippen molar-refractivity contribution in [1.29, 1.82) is 0 Å². The number of rotatable bonds is 3. The van der Waals surface area contributed by atoms with Crippen molar-refractivity contribution in [2.45, 2.75) is 19.3 Å². The quantitative estimate of drug-likeness (QED) is 0.875. The van der Waals surface area contributed by atoms with Crippen LogP contribution in [0.3, 0.4) is 0 Å². The zero-order chi connectivity index (χ0) is 14.7. The van der Waals surface area contributed by atoms with Gasteiger partial charge in [-0.2, -0.15) is 0 Å². The van der Waals surface area contributed by atoms with Gasteiger partial charge in [0, 0.05) is 18.2 Å². The van der Waals surface area contributed by atoms with Crippen LogP contribution < -0.4 is 11.1 Å². The monoisotopic (exact) mass is 266 g/mol. The molecule has 0 saturated heterocycles. The first kappa shape index (κ1) is 14.2. The normalized spacial score (nSPS) is 26.2. The molecule has 0 radical (unpaired) electrons. The molecule has 104 valence electrons. The van der Waals surface area contributed by atoms with Gasteiger partial charge in [0.15, 0.2) is 0 Å². The molecule has 0 heterocycles. The summed E-state index contributed by atoms with van der Waals surface area (Å²) < 4.78 is 0. The third kappa shape index (κ3) is 2.29. The van der Waals surface area contributed by atoms with Crippen molar-refractivity contribution in [2.75, 3.05) is 7.05 Å². The summed E-state index contributed by atoms with van der Waals surface area (Å²) in [6, 6.07) is 8.33. The van der Waals surface area contributed by atoms with Gasteiger partial charge in [0.25, 0.3) is 0 Å². The number of benzene rings is 1. The highest BCUT2D eigenvalue weighted by Crippen LogP contribution is 2.35. The van der Waals surface area contributed by atoms with Gasteiger partial charge in [0.1, 0.15) is 0 Å². The van der Waals surface area contributed by atoms with Crippen molar-refractivity contribution in [3.63, 3.8) is 0 Å². The van der Waals surface area contributed by atoms with Crippen molar-refractivity contribution in [3.05, 3.63) is 77.5 Å². The Morgan fingerprint density at radius 2 is 1.95 bits per heavy atom. The molecule has 0 aromatic heterocycles. The van der Waals surface area contributed by atoms with Gasteiger partial charge >= 0.3 is 0 Å². The molecule has 0 spiro atoms. The molecule has 3 N–H and O–H groups in total. The molecular weight excluding hydrogens is 244 g/mol. The van der Waals surface area contributed by atoms with Crippen LogP contribution in [-0.4, -0.2) is 7.05 Å². The SMILES string of the molecule is C=C/C1=C(C=C)/C(NC)=C(/N)c2ccccc2C(C)C1. The van der Waals surface area contributed by atoms with E-state index >= 15 is 0 Å². The minimum atomic E-state index is 0.395. The Kier molecular flexibility index (Phi) is 4.14. The van der Waals surface area contributed by atoms with Crippen molar-refractivity contribution < 1.29 is 0 Å². The van der Waals surface area contributed by atoms with Crippen molar-refractivity contribution in [3.8, 4) is 0 Å². The van der Waals surface area contributed by atoms with Crippen LogP contribution in [0.2, 0.25) is 0 Å². The van der Waals surface area contributed by atoms with Crippen LogP contribution in [0.15, 0.2) is 66.4 Å². The molecule has 0 aliphatic heterocycles. The number of nitrogens with one attached hydrogen (secondary N) is 1. The van der Waals surface area contributed by atoms with E-state index in [0.717, 1.165) is 29.0 Å². The third-order valence-corrected chi connectivity index (χ3v) is 3.89. The van der Waals surface area contributed by atoms with Crippen molar-refractivity contribution >= 4 is 5.70 Å². The summed E-state index contributed by atoms with van der Waals surface area (Å²) in [7, 11) is 1.89. The average molecular weight is 266 g/mol. The number of likely N-dealkylation sites (N-methyl/N-ethyl adjacent to an activating group) is 1. The number of hydrogen-bond acceptors (Lipinski definition) is 2. The fourth-order valence-electron chi connectivity index (χ4n) is 2.86. The maximum Gasteiger partial charge on any atom is 0.0653 e. The topological polar surface area (TPSA) is 38.0 Å². The van der Waals surface area contributed by atoms with Crippen LogP contribution in [0.4, 0.5) is 0 Å². The molecule has 1 aliphatic carbocycles. The van der Waals surface area contributed by atoms with E-state index in [4.69, 9.17) is 5.73 Å². The molecule has 1 unspecified atom stereocenters. The van der Waals surface area contributed by atoms with Crippen molar-refractivity contribution in [2.24, 2.45) is 5.73 Å². The number of nitrogens with two attached hydrogens (primary N) is 1. The highest BCUT2D eigenvalue weighted by Gasteiger charge is 2.21. The van der Waals surface area contributed by atoms with E-state index in [1.54, 1.807) is 0 Å². The summed E-state index contributed by atoms with van der Waals surface area (Å²) in [5, 5.41) is 3.22. The molecule has 20 heavy (non-hydrogen) atoms. The van der Waals surface area contributed by atoms with Gasteiger partial charge in [-0.15, -0.1) is 0 Å². The second-order valence-electron chi connectivity index (χ2n) is 5.08. The Labute approximate surface area is 121 Å². The molecular formula is C18H22N2. The predicted octanol–water partition coefficient (Wildman–Crippen LogP) is 3.71. The van der Waals surface area contributed by atoms with Gasteiger partial charge in [-0.05, 0) is 23.5 Å². The summed E-state index contributed by atoms with van der Waals surface area (Å²) in [5.41, 5.74) is 12.7. The first-order chi connectivity index (χ1) is 9.63. The molecule has 1 aromatic carbocycles. The fourth-order valence-corrected chi connectivity index (χ4v) is 2.86. The highest BCUT2D eigenvalue weighted by molar-refractivity contribution is 5.74. The third-order valence-electron chi connectivity index (χ3n) is 3.89. The summed E-state index contributed by atoms with van der Waals surface area (Å²) in [6.07, 6.45) is 4.70. The van der Waals surface area contributed by atoms with Crippen molar-refractivity contribution in [1.82, 2.24) is 5.32 Å². The predicted molar refractivity (Wildman–Crippen MR) is 87.1 cm³/mol. The van der Waals surface area contributed by atoms with Crippen LogP contribution >= 0.6 is 0 Å². The maximum absolute atomic E-state index is 6.42. The second kappa shape index (κ2) is 5.83. The van der Waals surface area contributed by atoms with Crippen LogP contribution in [0.25, 0.3) is 5.70 Å². The van der Waals surface area contributed by atoms with E-state index in [2.05, 4.69) is 43.6 Å². The van der Waals surface area contributed by atoms with Gasteiger partial charge in [-0.25, -0.2) is 0 Å². The maximum atomic E-state index is 6.42. The van der Waals surface area contributed by atoms with Gasteiger partial charge in [0.2, 0.25) is 0 Å². The summed E-state index contributed by atoms with van der Waals surface area (Å²) in [5.74, 6) is 0.395. The Balaban J connectivity index is 2.80. The minimum Gasteiger partial charge on any atom is -0.397 e. The summed E-state index contributed by atoms with van der Waals surface area (Å²) >= 11 is 0. The zero-order valence-electron chi connectivity index (χ0n) is 12.2. The van der Waals surface area contributed by atoms with Gasteiger partial charge in [-0.1, -0.05) is 56.5 Å². The lowest BCUT2D eigenvalue weighted by atomic mass is 9.83. The van der Waals surface area contributed by atoms with E-state index in [-0.39, 0.29) is 0 Å². The Morgan fingerprint density at radius 1 is 1.25 bits per heavy atom. The standard InChI is InChI=1S/C18H22N2/c1-5-13-11-12(3)15-9-7-8-10-16(15)17(19)18(20-4)14(13)6-2/h5-10,12,20H,1-2,11,19H2,3-4H3/b14-13-,18-17-. The Bertz CT molecular complexity index is 606. The smallest absolute Gasteiger partial charge is 0.0653 e. The lowest BCUT2D eigenvalue weighted by Crippen LogP contribution is -2.19. The molecule has 0 fully saturated rings. The highest BCUT2D eigenvalue weighted by atomic mass is 14.9. The van der Waals surface area contributed by atoms with E-state index in [0.29, 0.717) is 5.92 Å². The van der Waals surface area contributed by atoms with Crippen LogP contribution in [0.5, 0.6) is 0 Å². The van der Waals surface area contributed by atoms with Gasteiger partial charge < -0.3 is 11.1 Å². The Morgan fingerprint density at radius 3 is 2.55 bits per heavy atom. The molecule has 0 amide bonds. The largest absolute Gasteiger partial charge is 0.397 e. The summed E-state index contributed by atoms with van der Waals surface area (Å²) in [6.45, 7) is 10.1. The van der Waals surface area contributed by atoms with Crippen LogP contribution in [-0.2, 0) is 0 Å². The zero-order valence-corrected chi connectivity index (χ0v) is 12.2. The minimum absolute atomic E-state index is 0.395. The number of allylic oxidation sites excluding steroid dienone is 3. The molecule has 1 atom stereocenters. The second-order valence-corrected chi connectivity index (χ2v) is 5.08. The first-order valence-electron chi connectivity index (χ1n) is 6.89. The molecule has 2 nitrogen and oxygen atoms in total. The number of hydrogen-bond donors (Lipinski definition) is 2. The number of fused-ring (bicyclic) bond motifs is 1. The molecule has 1 aliphatic rings. The molecule has 0 saturated carbocycles. The fraction of sp³-hybridized carbons (Fsp3) is 0.222. The molecule has 2 heteroatoms. The van der Waals surface area contributed by atoms with E-state index < -0.39 is 0 Å². The first-order valence-corrected chi connectivity index (χ1v) is 6.89. The van der Waals surface area contributed by atoms with Gasteiger partial charge in [-0.3, -0.25) is 0 Å². The Hall–Kier alpha value is -2.22. The average Bonchev–Trinajstić information content (AvgIpc) is 2.48. The summed E-state index contributed by atoms with van der Waals surface area (Å²) in [4.78, 5) is 0. The molecule has 1 aromatic rings. The van der Waals surface area contributed by atoms with Crippen LogP contribution in [0.1, 0.15) is 30.4 Å². The van der Waals surface area contributed by atoms with Gasteiger partial charge in [0.05, 0.1) is 11.4 Å². The van der Waals surface area contributed by atoms with E-state index in [1.165, 1.54) is 11.1 Å². The molecule has 2 rings (SSSR count). The van der Waals surface area contributed by atoms with E-state index in [1.807, 2.05) is 25.3 Å². The lowest BCUT2D eigenvalue weighted by molar-refractivity contribution is 0.751. The lowest BCUT2D eigenvalue weighted by Gasteiger charge is -2.25. The van der Waals surface area contributed by atoms with Crippen LogP contribution in [0, 0.1) is 0 Å².